The number of amides is 2. The van der Waals surface area contributed by atoms with E-state index < -0.39 is 29.2 Å². The summed E-state index contributed by atoms with van der Waals surface area (Å²) in [6.07, 6.45) is 3.55. The maximum atomic E-state index is 13.0. The predicted octanol–water partition coefficient (Wildman–Crippen LogP) is 0.661. The molecule has 3 aromatic rings. The highest BCUT2D eigenvalue weighted by Gasteiger charge is 2.54. The lowest BCUT2D eigenvalue weighted by molar-refractivity contribution is -0.687. The number of carbonyl (C=O) groups is 3. The van der Waals surface area contributed by atoms with Crippen molar-refractivity contribution in [3.63, 3.8) is 0 Å². The van der Waals surface area contributed by atoms with Gasteiger partial charge in [-0.15, -0.1) is 23.1 Å². The van der Waals surface area contributed by atoms with Crippen LogP contribution in [0.5, 0.6) is 5.75 Å². The van der Waals surface area contributed by atoms with Crippen LogP contribution >= 0.6 is 23.1 Å². The number of phenols is 1. The molecule has 4 heterocycles. The standard InChI is InChI=1S/C23H20N6O6S2/c1-35-27-16(14-10-37-23(24)25-14)19(31)26-17-20(32)29-18(22(33)34)12(9-36-21(17)29)8-28-6-5-13-11(7-28)3-2-4-15(13)30/h2-7,10,17,21H,8-9H2,1H3,(H4-,24,25,26,30,31,33,34)/p+1/b27-16-/t17-,21-/m1/s1. The minimum Gasteiger partial charge on any atom is -0.507 e. The second-order valence-electron chi connectivity index (χ2n) is 8.21. The van der Waals surface area contributed by atoms with Gasteiger partial charge in [0.15, 0.2) is 29.8 Å². The number of aromatic nitrogens is 2. The summed E-state index contributed by atoms with van der Waals surface area (Å²) >= 11 is 2.48. The average molecular weight is 542 g/mol. The number of nitrogen functional groups attached to an aromatic ring is 1. The molecule has 0 radical (unpaired) electrons. The third kappa shape index (κ3) is 4.44. The lowest BCUT2D eigenvalue weighted by Gasteiger charge is -2.49. The number of fused-ring (bicyclic) bond motifs is 2. The molecule has 1 fully saturated rings. The maximum Gasteiger partial charge on any atom is 0.352 e. The number of oxime groups is 1. The van der Waals surface area contributed by atoms with E-state index in [-0.39, 0.29) is 34.5 Å². The first kappa shape index (κ1) is 24.5. The summed E-state index contributed by atoms with van der Waals surface area (Å²) in [7, 11) is 1.28. The minimum atomic E-state index is -1.22. The van der Waals surface area contributed by atoms with Gasteiger partial charge in [-0.1, -0.05) is 11.2 Å². The fourth-order valence-electron chi connectivity index (χ4n) is 4.28. The van der Waals surface area contributed by atoms with Gasteiger partial charge < -0.3 is 26.1 Å². The van der Waals surface area contributed by atoms with E-state index in [0.29, 0.717) is 16.7 Å². The molecule has 1 aromatic carbocycles. The fraction of sp³-hybridized carbons (Fsp3) is 0.217. The van der Waals surface area contributed by atoms with Gasteiger partial charge in [-0.25, -0.2) is 14.3 Å². The number of nitrogens with zero attached hydrogens (tertiary/aromatic N) is 4. The van der Waals surface area contributed by atoms with E-state index in [2.05, 4.69) is 15.5 Å². The Labute approximate surface area is 218 Å². The number of carboxylic acid groups (broad SMARTS) is 1. The number of carboxylic acids is 1. The second-order valence-corrected chi connectivity index (χ2v) is 10.2. The number of hydrogen-bond donors (Lipinski definition) is 4. The van der Waals surface area contributed by atoms with E-state index in [4.69, 9.17) is 10.6 Å². The third-order valence-electron chi connectivity index (χ3n) is 5.93. The molecule has 2 aliphatic rings. The maximum absolute atomic E-state index is 13.0. The summed E-state index contributed by atoms with van der Waals surface area (Å²) < 4.78 is 1.80. The molecule has 2 aromatic heterocycles. The molecule has 2 amide bonds. The Morgan fingerprint density at radius 3 is 2.89 bits per heavy atom. The lowest BCUT2D eigenvalue weighted by Crippen LogP contribution is -2.71. The number of thiazole rings is 1. The van der Waals surface area contributed by atoms with Crippen LogP contribution in [0.2, 0.25) is 0 Å². The van der Waals surface area contributed by atoms with Crippen molar-refractivity contribution in [1.82, 2.24) is 15.2 Å². The summed E-state index contributed by atoms with van der Waals surface area (Å²) in [5.74, 6) is -1.95. The highest BCUT2D eigenvalue weighted by atomic mass is 32.2. The Hall–Kier alpha value is -4.17. The van der Waals surface area contributed by atoms with Gasteiger partial charge in [-0.05, 0) is 12.1 Å². The summed E-state index contributed by atoms with van der Waals surface area (Å²) in [6.45, 7) is 0.240. The van der Waals surface area contributed by atoms with Crippen LogP contribution in [0.4, 0.5) is 5.13 Å². The van der Waals surface area contributed by atoms with Gasteiger partial charge in [0.25, 0.3) is 11.8 Å². The van der Waals surface area contributed by atoms with E-state index in [1.807, 2.05) is 6.07 Å². The molecule has 14 heteroatoms. The van der Waals surface area contributed by atoms with E-state index in [9.17, 15) is 24.6 Å². The van der Waals surface area contributed by atoms with Crippen LogP contribution in [0.1, 0.15) is 5.69 Å². The van der Waals surface area contributed by atoms with Gasteiger partial charge in [-0.2, -0.15) is 0 Å². The highest BCUT2D eigenvalue weighted by molar-refractivity contribution is 8.00. The zero-order valence-corrected chi connectivity index (χ0v) is 21.0. The molecule has 0 saturated carbocycles. The SMILES string of the molecule is CO/N=C(\C(=O)N[C@@H]1C(=O)N2C(C(=O)O)=C(C[n+]3ccc4c(O)cccc4c3)CS[C@H]12)c1csc(N)n1. The Bertz CT molecular complexity index is 1500. The number of benzene rings is 1. The number of β-lactam (4-membered cyclic amide) rings is 1. The quantitative estimate of drug-likeness (QED) is 0.145. The molecule has 1 saturated heterocycles. The van der Waals surface area contributed by atoms with Crippen molar-refractivity contribution in [1.29, 1.82) is 0 Å². The zero-order valence-electron chi connectivity index (χ0n) is 19.3. The Morgan fingerprint density at radius 1 is 1.38 bits per heavy atom. The number of anilines is 1. The van der Waals surface area contributed by atoms with Crippen LogP contribution in [-0.4, -0.2) is 67.9 Å². The van der Waals surface area contributed by atoms with Crippen LogP contribution in [0.3, 0.4) is 0 Å². The number of thioether (sulfide) groups is 1. The van der Waals surface area contributed by atoms with Crippen LogP contribution in [0, 0.1) is 0 Å². The molecule has 0 unspecified atom stereocenters. The number of nitrogens with two attached hydrogens (primary N) is 1. The number of nitrogens with one attached hydrogen (secondary N) is 1. The molecule has 0 bridgehead atoms. The van der Waals surface area contributed by atoms with Gasteiger partial charge in [0.2, 0.25) is 0 Å². The van der Waals surface area contributed by atoms with Crippen LogP contribution in [0.15, 0.2) is 58.5 Å². The lowest BCUT2D eigenvalue weighted by atomic mass is 10.0. The number of aromatic hydroxyl groups is 1. The molecular weight excluding hydrogens is 520 g/mol. The van der Waals surface area contributed by atoms with Crippen LogP contribution in [0.25, 0.3) is 10.8 Å². The normalized spacial score (nSPS) is 19.4. The van der Waals surface area contributed by atoms with E-state index in [0.717, 1.165) is 16.7 Å². The molecule has 37 heavy (non-hydrogen) atoms. The Balaban J connectivity index is 1.36. The number of rotatable bonds is 7. The van der Waals surface area contributed by atoms with Gasteiger partial charge in [0.1, 0.15) is 35.7 Å². The van der Waals surface area contributed by atoms with Crippen molar-refractivity contribution >= 4 is 62.5 Å². The van der Waals surface area contributed by atoms with Crippen LogP contribution in [-0.2, 0) is 25.8 Å². The van der Waals surface area contributed by atoms with Crippen molar-refractivity contribution < 1.29 is 34.0 Å². The minimum absolute atomic E-state index is 0.0965. The zero-order chi connectivity index (χ0) is 26.3. The monoisotopic (exact) mass is 541 g/mol. The van der Waals surface area contributed by atoms with E-state index in [1.54, 1.807) is 40.5 Å². The topological polar surface area (TPSA) is 171 Å². The largest absolute Gasteiger partial charge is 0.507 e. The smallest absolute Gasteiger partial charge is 0.352 e. The van der Waals surface area contributed by atoms with Crippen molar-refractivity contribution in [3.05, 3.63) is 59.0 Å². The van der Waals surface area contributed by atoms with Crippen molar-refractivity contribution in [2.24, 2.45) is 5.16 Å². The first-order valence-electron chi connectivity index (χ1n) is 10.9. The van der Waals surface area contributed by atoms with Crippen molar-refractivity contribution in [2.75, 3.05) is 18.6 Å². The summed E-state index contributed by atoms with van der Waals surface area (Å²) in [5.41, 5.74) is 6.17. The molecule has 0 aliphatic carbocycles. The first-order chi connectivity index (χ1) is 17.8. The second kappa shape index (κ2) is 9.71. The summed E-state index contributed by atoms with van der Waals surface area (Å²) in [6, 6.07) is 5.97. The molecule has 2 atom stereocenters. The van der Waals surface area contributed by atoms with Crippen molar-refractivity contribution in [2.45, 2.75) is 18.0 Å². The van der Waals surface area contributed by atoms with Gasteiger partial charge in [-0.3, -0.25) is 14.5 Å². The van der Waals surface area contributed by atoms with Crippen LogP contribution < -0.4 is 15.6 Å². The average Bonchev–Trinajstić information content (AvgIpc) is 3.31. The Morgan fingerprint density at radius 2 is 2.19 bits per heavy atom. The van der Waals surface area contributed by atoms with Crippen molar-refractivity contribution in [3.8, 4) is 5.75 Å². The third-order valence-corrected chi connectivity index (χ3v) is 7.94. The molecule has 5 rings (SSSR count). The molecular formula is C23H21N6O6S2+. The predicted molar refractivity (Wildman–Crippen MR) is 136 cm³/mol. The number of carbonyl (C=O) groups excluding carboxylic acids is 2. The molecule has 12 nitrogen and oxygen atoms in total. The molecule has 5 N–H and O–H groups in total. The Kier molecular flexibility index (Phi) is 6.43. The number of pyridine rings is 1. The van der Waals surface area contributed by atoms with Gasteiger partial charge in [0, 0.05) is 33.5 Å². The summed E-state index contributed by atoms with van der Waals surface area (Å²) in [4.78, 5) is 48.1. The number of aliphatic carboxylic acids is 1. The van der Waals surface area contributed by atoms with E-state index in [1.165, 1.54) is 23.8 Å². The first-order valence-corrected chi connectivity index (χ1v) is 12.9. The van der Waals surface area contributed by atoms with Gasteiger partial charge in [0.05, 0.1) is 0 Å². The molecule has 2 aliphatic heterocycles. The van der Waals surface area contributed by atoms with Gasteiger partial charge >= 0.3 is 5.97 Å². The highest BCUT2D eigenvalue weighted by Crippen LogP contribution is 2.40. The number of phenolic OH excluding ortho intramolecular Hbond substituents is 1. The molecule has 190 valence electrons. The molecule has 0 spiro atoms. The summed E-state index contributed by atoms with van der Waals surface area (Å²) in [5, 5.41) is 29.0. The van der Waals surface area contributed by atoms with E-state index >= 15 is 0 Å². The number of hydrogen-bond acceptors (Lipinski definition) is 10. The fourth-order valence-corrected chi connectivity index (χ4v) is 6.16.